The van der Waals surface area contributed by atoms with Crippen LogP contribution in [0.2, 0.25) is 0 Å². The lowest BCUT2D eigenvalue weighted by molar-refractivity contribution is -0.124. The first-order valence-electron chi connectivity index (χ1n) is 12.9. The van der Waals surface area contributed by atoms with Crippen LogP contribution >= 0.6 is 7.82 Å². The van der Waals surface area contributed by atoms with Gasteiger partial charge in [0.2, 0.25) is 5.91 Å². The molecule has 2 aromatic heterocycles. The van der Waals surface area contributed by atoms with Gasteiger partial charge in [0.05, 0.1) is 12.7 Å². The van der Waals surface area contributed by atoms with Crippen LogP contribution in [0.5, 0.6) is 0 Å². The second kappa shape index (κ2) is 13.6. The van der Waals surface area contributed by atoms with Crippen LogP contribution in [0.4, 0.5) is 10.2 Å². The van der Waals surface area contributed by atoms with Crippen molar-refractivity contribution in [2.45, 2.75) is 49.5 Å². The Labute approximate surface area is 242 Å². The number of H-pyrrole nitrogens is 1. The fraction of sp³-hybridized carbons (Fsp3) is 0.609. The number of aromatic amines is 1. The highest BCUT2D eigenvalue weighted by Gasteiger charge is 2.51. The molecule has 5 unspecified atom stereocenters. The molecular formula is C23H32FN6O12P. The van der Waals surface area contributed by atoms with Gasteiger partial charge >= 0.3 is 19.2 Å². The van der Waals surface area contributed by atoms with Crippen molar-refractivity contribution < 1.29 is 46.6 Å². The molecule has 238 valence electrons. The van der Waals surface area contributed by atoms with Gasteiger partial charge in [0.1, 0.15) is 24.1 Å². The van der Waals surface area contributed by atoms with Crippen LogP contribution in [0, 0.1) is 5.92 Å². The maximum absolute atomic E-state index is 15.5. The quantitative estimate of drug-likeness (QED) is 0.193. The highest BCUT2D eigenvalue weighted by Crippen LogP contribution is 2.48. The number of methoxy groups -OCH3 is 2. The monoisotopic (exact) mass is 634 g/mol. The Morgan fingerprint density at radius 1 is 1.14 bits per heavy atom. The van der Waals surface area contributed by atoms with Crippen LogP contribution < -0.4 is 28.0 Å². The van der Waals surface area contributed by atoms with E-state index in [1.165, 1.54) is 31.0 Å². The zero-order valence-electron chi connectivity index (χ0n) is 23.2. The molecule has 2 aliphatic heterocycles. The van der Waals surface area contributed by atoms with Gasteiger partial charge in [-0.05, 0) is 6.07 Å². The predicted octanol–water partition coefficient (Wildman–Crippen LogP) is -1.58. The number of rotatable bonds is 12. The first-order chi connectivity index (χ1) is 20.4. The average Bonchev–Trinajstić information content (AvgIpc) is 3.43. The van der Waals surface area contributed by atoms with Gasteiger partial charge in [0.25, 0.3) is 5.56 Å². The summed E-state index contributed by atoms with van der Waals surface area (Å²) in [5, 5.41) is 2.57. The normalized spacial score (nSPS) is 30.3. The molecule has 0 saturated carbocycles. The van der Waals surface area contributed by atoms with Gasteiger partial charge in [-0.3, -0.25) is 32.8 Å². The minimum absolute atomic E-state index is 0.0141. The van der Waals surface area contributed by atoms with Gasteiger partial charge in [-0.2, -0.15) is 4.98 Å². The molecule has 20 heteroatoms. The molecule has 9 atom stereocenters. The third-order valence-electron chi connectivity index (χ3n) is 7.02. The molecule has 4 rings (SSSR count). The molecule has 2 fully saturated rings. The molecule has 0 bridgehead atoms. The Morgan fingerprint density at radius 3 is 2.47 bits per heavy atom. The van der Waals surface area contributed by atoms with E-state index in [2.05, 4.69) is 14.8 Å². The third kappa shape index (κ3) is 7.27. The maximum Gasteiger partial charge on any atom is 0.472 e. The number of hydrogen-bond acceptors (Lipinski definition) is 13. The Hall–Kier alpha value is -3.29. The summed E-state index contributed by atoms with van der Waals surface area (Å²) in [6.07, 6.45) is -7.30. The van der Waals surface area contributed by atoms with Crippen LogP contribution in [0.15, 0.2) is 38.9 Å². The standard InChI is InChI=1S/C23H32FN6O12P/c1-37-10-13-11(18(38-2)21(41-13)30-6-4-14(25)27-22(30)33)8-16(32)26-9-12-19(42-43(35,36)39-3)17(24)20(40-12)29-7-5-15(31)28-23(29)34/h4-7,11-13,17-21H,8-10H2,1-3H3,(H,26,32)(H,35,36)(H2,25,27,33)(H,28,31,34)/t11-,12?,13?,17-,18-,19-,20?,21?/m1/s1. The average molecular weight is 635 g/mol. The van der Waals surface area contributed by atoms with E-state index < -0.39 is 86.2 Å². The van der Waals surface area contributed by atoms with Crippen LogP contribution in [-0.4, -0.2) is 95.0 Å². The first-order valence-corrected chi connectivity index (χ1v) is 14.3. The Balaban J connectivity index is 1.50. The lowest BCUT2D eigenvalue weighted by Crippen LogP contribution is -2.42. The van der Waals surface area contributed by atoms with E-state index in [0.717, 1.165) is 23.9 Å². The smallest absolute Gasteiger partial charge is 0.383 e. The molecule has 0 aromatic carbocycles. The highest BCUT2D eigenvalue weighted by molar-refractivity contribution is 7.47. The molecule has 2 saturated heterocycles. The molecule has 0 spiro atoms. The molecule has 0 radical (unpaired) electrons. The molecular weight excluding hydrogens is 602 g/mol. The first kappa shape index (κ1) is 32.6. The van der Waals surface area contributed by atoms with Gasteiger partial charge in [0, 0.05) is 58.7 Å². The number of nitrogens with two attached hydrogens (primary N) is 1. The van der Waals surface area contributed by atoms with Gasteiger partial charge in [0.15, 0.2) is 18.6 Å². The number of nitrogens with one attached hydrogen (secondary N) is 2. The largest absolute Gasteiger partial charge is 0.472 e. The summed E-state index contributed by atoms with van der Waals surface area (Å²) in [4.78, 5) is 64.8. The van der Waals surface area contributed by atoms with Crippen molar-refractivity contribution in [1.29, 1.82) is 0 Å². The highest BCUT2D eigenvalue weighted by atomic mass is 31.2. The number of amides is 1. The molecule has 0 aliphatic carbocycles. The zero-order chi connectivity index (χ0) is 31.5. The number of nitrogen functional groups attached to an aromatic ring is 1. The predicted molar refractivity (Wildman–Crippen MR) is 142 cm³/mol. The second-order valence-corrected chi connectivity index (χ2v) is 11.2. The Bertz CT molecular complexity index is 1520. The fourth-order valence-electron chi connectivity index (χ4n) is 5.02. The number of carbonyl (C=O) groups excluding carboxylic acids is 1. The molecule has 4 heterocycles. The van der Waals surface area contributed by atoms with Crippen LogP contribution in [-0.2, 0) is 37.4 Å². The third-order valence-corrected chi connectivity index (χ3v) is 7.99. The van der Waals surface area contributed by atoms with E-state index >= 15 is 4.39 Å². The van der Waals surface area contributed by atoms with E-state index in [-0.39, 0.29) is 18.8 Å². The molecule has 18 nitrogen and oxygen atoms in total. The number of nitrogens with zero attached hydrogens (tertiary/aromatic N) is 3. The number of phosphoric acid groups is 1. The Kier molecular flexibility index (Phi) is 10.3. The summed E-state index contributed by atoms with van der Waals surface area (Å²) < 4.78 is 61.4. The number of alkyl halides is 1. The van der Waals surface area contributed by atoms with E-state index in [4.69, 9.17) is 29.2 Å². The Morgan fingerprint density at radius 2 is 1.84 bits per heavy atom. The lowest BCUT2D eigenvalue weighted by atomic mass is 9.93. The number of halogens is 1. The van der Waals surface area contributed by atoms with E-state index in [1.54, 1.807) is 0 Å². The summed E-state index contributed by atoms with van der Waals surface area (Å²) in [7, 11) is -1.05. The van der Waals surface area contributed by atoms with Crippen LogP contribution in [0.1, 0.15) is 18.9 Å². The van der Waals surface area contributed by atoms with Crippen molar-refractivity contribution in [2.24, 2.45) is 5.92 Å². The number of phosphoric ester groups is 1. The van der Waals surface area contributed by atoms with Crippen molar-refractivity contribution >= 4 is 19.5 Å². The molecule has 2 aromatic rings. The number of aromatic nitrogens is 4. The minimum Gasteiger partial charge on any atom is -0.383 e. The molecule has 43 heavy (non-hydrogen) atoms. The summed E-state index contributed by atoms with van der Waals surface area (Å²) in [5.74, 6) is -1.20. The molecule has 2 aliphatic rings. The van der Waals surface area contributed by atoms with Crippen molar-refractivity contribution in [3.05, 3.63) is 55.8 Å². The SMILES string of the molecule is COCC1OC(n2ccc(N)nc2=O)[C@H](OC)[C@@H]1CC(=O)NCC1OC(n2ccc(=O)[nH]c2=O)[C@H](F)[C@@H]1OP(=O)(O)OC. The van der Waals surface area contributed by atoms with Crippen LogP contribution in [0.3, 0.4) is 0 Å². The van der Waals surface area contributed by atoms with Crippen molar-refractivity contribution in [3.8, 4) is 0 Å². The summed E-state index contributed by atoms with van der Waals surface area (Å²) in [6, 6.07) is 2.37. The lowest BCUT2D eigenvalue weighted by Gasteiger charge is -2.24. The van der Waals surface area contributed by atoms with E-state index in [1.807, 2.05) is 4.98 Å². The fourth-order valence-corrected chi connectivity index (χ4v) is 5.67. The van der Waals surface area contributed by atoms with Crippen molar-refractivity contribution in [2.75, 3.05) is 40.2 Å². The second-order valence-electron chi connectivity index (χ2n) is 9.68. The number of anilines is 1. The van der Waals surface area contributed by atoms with Crippen molar-refractivity contribution in [1.82, 2.24) is 24.4 Å². The van der Waals surface area contributed by atoms with E-state index in [0.29, 0.717) is 0 Å². The molecule has 1 amide bonds. The number of carbonyl (C=O) groups is 1. The van der Waals surface area contributed by atoms with Gasteiger partial charge < -0.3 is 34.9 Å². The van der Waals surface area contributed by atoms with Gasteiger partial charge in [-0.1, -0.05) is 0 Å². The summed E-state index contributed by atoms with van der Waals surface area (Å²) in [6.45, 7) is -0.373. The van der Waals surface area contributed by atoms with E-state index in [9.17, 15) is 28.6 Å². The van der Waals surface area contributed by atoms with Gasteiger partial charge in [-0.15, -0.1) is 0 Å². The number of ether oxygens (including phenoxy) is 4. The molecule has 5 N–H and O–H groups in total. The topological polar surface area (TPSA) is 238 Å². The zero-order valence-corrected chi connectivity index (χ0v) is 24.1. The van der Waals surface area contributed by atoms with Crippen LogP contribution in [0.25, 0.3) is 0 Å². The minimum atomic E-state index is -4.74. The number of hydrogen-bond donors (Lipinski definition) is 4. The maximum atomic E-state index is 15.5. The summed E-state index contributed by atoms with van der Waals surface area (Å²) in [5.41, 5.74) is 3.16. The van der Waals surface area contributed by atoms with Gasteiger partial charge in [-0.25, -0.2) is 18.5 Å². The van der Waals surface area contributed by atoms with Crippen molar-refractivity contribution in [3.63, 3.8) is 0 Å². The summed E-state index contributed by atoms with van der Waals surface area (Å²) >= 11 is 0.